The first kappa shape index (κ1) is 17.2. The molecule has 1 aliphatic carbocycles. The van der Waals surface area contributed by atoms with E-state index in [9.17, 15) is 0 Å². The number of hydrogen-bond donors (Lipinski definition) is 0. The summed E-state index contributed by atoms with van der Waals surface area (Å²) in [6, 6.07) is 8.18. The highest BCUT2D eigenvalue weighted by Gasteiger charge is 2.38. The average Bonchev–Trinajstić information content (AvgIpc) is 2.52. The van der Waals surface area contributed by atoms with Crippen LogP contribution in [0.1, 0.15) is 26.3 Å². The second kappa shape index (κ2) is 6.55. The van der Waals surface area contributed by atoms with Crippen LogP contribution in [0.5, 0.6) is 0 Å². The van der Waals surface area contributed by atoms with Crippen molar-refractivity contribution in [3.63, 3.8) is 0 Å². The maximum Gasteiger partial charge on any atom is 0.206 e. The van der Waals surface area contributed by atoms with Crippen molar-refractivity contribution in [1.82, 2.24) is 0 Å². The van der Waals surface area contributed by atoms with Gasteiger partial charge in [-0.15, -0.1) is 0 Å². The van der Waals surface area contributed by atoms with E-state index in [-0.39, 0.29) is 22.6 Å². The van der Waals surface area contributed by atoms with E-state index in [0.29, 0.717) is 5.56 Å². The predicted octanol–water partition coefficient (Wildman–Crippen LogP) is 4.49. The highest BCUT2D eigenvalue weighted by Crippen LogP contribution is 2.41. The van der Waals surface area contributed by atoms with Crippen LogP contribution >= 0.6 is 0 Å². The van der Waals surface area contributed by atoms with E-state index in [1.165, 1.54) is 12.4 Å². The van der Waals surface area contributed by atoms with Gasteiger partial charge in [-0.25, -0.2) is 8.78 Å². The lowest BCUT2D eigenvalue weighted by Crippen LogP contribution is -2.28. The van der Waals surface area contributed by atoms with E-state index in [1.807, 2.05) is 0 Å². The summed E-state index contributed by atoms with van der Waals surface area (Å²) in [4.78, 5) is 6.97. The minimum absolute atomic E-state index is 0.0877. The summed E-state index contributed by atoms with van der Waals surface area (Å²) in [7, 11) is 0. The van der Waals surface area contributed by atoms with Gasteiger partial charge in [0.25, 0.3) is 0 Å². The van der Waals surface area contributed by atoms with E-state index in [4.69, 9.17) is 10.5 Å². The molecule has 2 rings (SSSR count). The highest BCUT2D eigenvalue weighted by molar-refractivity contribution is 6.41. The number of nitriles is 2. The Morgan fingerprint density at radius 2 is 1.42 bits per heavy atom. The van der Waals surface area contributed by atoms with Gasteiger partial charge in [0.1, 0.15) is 11.4 Å². The molecule has 4 nitrogen and oxygen atoms in total. The summed E-state index contributed by atoms with van der Waals surface area (Å²) in [6.45, 7) is 5.00. The Morgan fingerprint density at radius 3 is 1.92 bits per heavy atom. The molecule has 0 atom stereocenters. The van der Waals surface area contributed by atoms with Crippen LogP contribution in [-0.2, 0) is 0 Å². The molecule has 1 aromatic carbocycles. The molecule has 0 radical (unpaired) electrons. The van der Waals surface area contributed by atoms with Crippen molar-refractivity contribution >= 4 is 17.0 Å². The third-order valence-corrected chi connectivity index (χ3v) is 3.46. The van der Waals surface area contributed by atoms with Crippen LogP contribution in [0.4, 0.5) is 8.78 Å². The fourth-order valence-electron chi connectivity index (χ4n) is 2.53. The first-order valence-corrected chi connectivity index (χ1v) is 7.13. The molecule has 0 fully saturated rings. The third kappa shape index (κ3) is 3.00. The number of rotatable bonds is 1. The minimum Gasteiger partial charge on any atom is -0.204 e. The summed E-state index contributed by atoms with van der Waals surface area (Å²) in [6.07, 6.45) is 3.03. The number of halogens is 2. The van der Waals surface area contributed by atoms with E-state index in [2.05, 4.69) is 9.98 Å². The smallest absolute Gasteiger partial charge is 0.204 e. The molecule has 0 spiro atoms. The fourth-order valence-corrected chi connectivity index (χ4v) is 2.53. The van der Waals surface area contributed by atoms with Gasteiger partial charge in [-0.05, 0) is 11.0 Å². The number of nitrogens with zero attached hydrogens (tertiary/aromatic N) is 4. The van der Waals surface area contributed by atoms with Crippen LogP contribution in [0.3, 0.4) is 0 Å². The molecule has 0 saturated carbocycles. The van der Waals surface area contributed by atoms with E-state index >= 15 is 8.78 Å². The Kier molecular flexibility index (Phi) is 4.71. The zero-order valence-electron chi connectivity index (χ0n) is 13.4. The Labute approximate surface area is 138 Å². The molecule has 0 unspecified atom stereocenters. The molecular weight excluding hydrogens is 310 g/mol. The Balaban J connectivity index is 2.89. The van der Waals surface area contributed by atoms with Crippen LogP contribution in [-0.4, -0.2) is 11.4 Å². The van der Waals surface area contributed by atoms with Crippen LogP contribution in [0.2, 0.25) is 0 Å². The quantitative estimate of drug-likeness (QED) is 0.564. The molecule has 0 heterocycles. The van der Waals surface area contributed by atoms with Crippen molar-refractivity contribution < 1.29 is 8.78 Å². The molecule has 1 aromatic rings. The van der Waals surface area contributed by atoms with Crippen LogP contribution in [0.25, 0.3) is 5.57 Å². The van der Waals surface area contributed by atoms with Gasteiger partial charge in [-0.2, -0.15) is 20.5 Å². The van der Waals surface area contributed by atoms with E-state index in [1.54, 1.807) is 51.1 Å². The van der Waals surface area contributed by atoms with Crippen LogP contribution in [0, 0.1) is 28.3 Å². The van der Waals surface area contributed by atoms with Gasteiger partial charge in [0.05, 0.1) is 0 Å². The lowest BCUT2D eigenvalue weighted by atomic mass is 9.77. The van der Waals surface area contributed by atoms with Crippen molar-refractivity contribution in [2.75, 3.05) is 0 Å². The summed E-state index contributed by atoms with van der Waals surface area (Å²) in [5.41, 5.74) is -1.51. The van der Waals surface area contributed by atoms with E-state index in [0.717, 1.165) is 0 Å². The summed E-state index contributed by atoms with van der Waals surface area (Å²) < 4.78 is 30.2. The fraction of sp³-hybridized carbons (Fsp3) is 0.222. The van der Waals surface area contributed by atoms with Crippen molar-refractivity contribution in [3.8, 4) is 12.4 Å². The first-order valence-electron chi connectivity index (χ1n) is 7.13. The Bertz CT molecular complexity index is 870. The van der Waals surface area contributed by atoms with Crippen molar-refractivity contribution in [2.45, 2.75) is 20.8 Å². The summed E-state index contributed by atoms with van der Waals surface area (Å²) >= 11 is 0. The zero-order valence-corrected chi connectivity index (χ0v) is 13.4. The van der Waals surface area contributed by atoms with Crippen molar-refractivity contribution in [3.05, 3.63) is 53.1 Å². The monoisotopic (exact) mass is 324 g/mol. The number of aliphatic imine (C=N–C) groups is 2. The van der Waals surface area contributed by atoms with Crippen molar-refractivity contribution in [2.24, 2.45) is 15.4 Å². The molecule has 0 bridgehead atoms. The number of benzene rings is 1. The van der Waals surface area contributed by atoms with Crippen molar-refractivity contribution in [1.29, 1.82) is 10.5 Å². The average molecular weight is 324 g/mol. The summed E-state index contributed by atoms with van der Waals surface area (Å²) in [5, 5.41) is 17.8. The van der Waals surface area contributed by atoms with Gasteiger partial charge in [0.15, 0.2) is 11.7 Å². The van der Waals surface area contributed by atoms with Gasteiger partial charge in [-0.1, -0.05) is 51.1 Å². The molecule has 24 heavy (non-hydrogen) atoms. The molecule has 0 aromatic heterocycles. The van der Waals surface area contributed by atoms with Crippen LogP contribution in [0.15, 0.2) is 57.5 Å². The molecule has 0 aliphatic heterocycles. The van der Waals surface area contributed by atoms with Crippen LogP contribution < -0.4 is 0 Å². The standard InChI is InChI=1S/C18H14F2N4/c1-18(2,3)13-15(20)16(23-9-21)12(11-7-5-4-6-8-11)14(19)17(13)24-10-22/h4-8H,1-3H3. The SMILES string of the molecule is CC(C)(C)C1=C(F)C(=NC#N)C(c2ccccc2)=C(F)C1=NC#N. The largest absolute Gasteiger partial charge is 0.206 e. The summed E-state index contributed by atoms with van der Waals surface area (Å²) in [5.74, 6) is -1.72. The topological polar surface area (TPSA) is 72.3 Å². The first-order chi connectivity index (χ1) is 11.3. The molecule has 1 aliphatic rings. The Morgan fingerprint density at radius 1 is 0.875 bits per heavy atom. The molecule has 0 saturated heterocycles. The Hall–Kier alpha value is -3.12. The molecule has 6 heteroatoms. The molecular formula is C18H14F2N4. The van der Waals surface area contributed by atoms with Gasteiger partial charge in [0.2, 0.25) is 12.4 Å². The third-order valence-electron chi connectivity index (χ3n) is 3.46. The minimum atomic E-state index is -0.872. The molecule has 120 valence electrons. The predicted molar refractivity (Wildman–Crippen MR) is 88.2 cm³/mol. The molecule has 0 N–H and O–H groups in total. The lowest BCUT2D eigenvalue weighted by molar-refractivity contribution is 0.497. The van der Waals surface area contributed by atoms with Gasteiger partial charge >= 0.3 is 0 Å². The van der Waals surface area contributed by atoms with Gasteiger partial charge in [-0.3, -0.25) is 0 Å². The second-order valence-corrected chi connectivity index (χ2v) is 6.11. The van der Waals surface area contributed by atoms with Gasteiger partial charge in [0, 0.05) is 11.1 Å². The molecule has 0 amide bonds. The lowest BCUT2D eigenvalue weighted by Gasteiger charge is -2.28. The van der Waals surface area contributed by atoms with Gasteiger partial charge < -0.3 is 0 Å². The van der Waals surface area contributed by atoms with E-state index < -0.39 is 17.1 Å². The normalized spacial score (nSPS) is 18.8. The maximum absolute atomic E-state index is 15.1. The zero-order chi connectivity index (χ0) is 17.9. The second-order valence-electron chi connectivity index (χ2n) is 6.11. The maximum atomic E-state index is 15.1. The number of hydrogen-bond acceptors (Lipinski definition) is 4. The number of allylic oxidation sites excluding steroid dienone is 4. The highest BCUT2D eigenvalue weighted by atomic mass is 19.1.